The smallest absolute Gasteiger partial charge is 0.341 e. The first-order chi connectivity index (χ1) is 10.2. The molecule has 0 atom stereocenters. The van der Waals surface area contributed by atoms with Gasteiger partial charge in [0.25, 0.3) is 0 Å². The highest BCUT2D eigenvalue weighted by molar-refractivity contribution is 9.10. The summed E-state index contributed by atoms with van der Waals surface area (Å²) in [4.78, 5) is 16.0. The number of hydrogen-bond donors (Lipinski definition) is 0. The van der Waals surface area contributed by atoms with E-state index in [9.17, 15) is 4.79 Å². The summed E-state index contributed by atoms with van der Waals surface area (Å²) in [5.74, 6) is -0.397. The van der Waals surface area contributed by atoms with Crippen LogP contribution in [0.2, 0.25) is 0 Å². The Hall–Kier alpha value is -2.21. The Morgan fingerprint density at radius 1 is 1.38 bits per heavy atom. The van der Waals surface area contributed by atoms with Gasteiger partial charge in [-0.1, -0.05) is 28.1 Å². The highest BCUT2D eigenvalue weighted by Gasteiger charge is 2.12. The molecule has 0 spiro atoms. The molecule has 21 heavy (non-hydrogen) atoms. The summed E-state index contributed by atoms with van der Waals surface area (Å²) in [7, 11) is 0. The molecule has 0 saturated heterocycles. The minimum atomic E-state index is -0.397. The summed E-state index contributed by atoms with van der Waals surface area (Å²) in [6, 6.07) is 7.90. The zero-order valence-electron chi connectivity index (χ0n) is 11.3. The lowest BCUT2D eigenvalue weighted by Crippen LogP contribution is -2.07. The van der Waals surface area contributed by atoms with E-state index in [0.29, 0.717) is 17.8 Å². The van der Waals surface area contributed by atoms with Gasteiger partial charge in [0.2, 0.25) is 0 Å². The van der Waals surface area contributed by atoms with E-state index >= 15 is 0 Å². The van der Waals surface area contributed by atoms with Crippen molar-refractivity contribution < 1.29 is 9.53 Å². The standard InChI is InChI=1S/C15H12BrN3O2/c1-2-21-15(20)11-7-17-14-13(8-18-19(14)9-11)10-4-3-5-12(16)6-10/h3-9H,2H2,1H3. The molecule has 0 aliphatic carbocycles. The number of hydrogen-bond acceptors (Lipinski definition) is 4. The molecule has 1 aromatic carbocycles. The van der Waals surface area contributed by atoms with E-state index < -0.39 is 5.97 Å². The van der Waals surface area contributed by atoms with Crippen LogP contribution < -0.4 is 0 Å². The molecule has 0 aliphatic heterocycles. The van der Waals surface area contributed by atoms with Crippen LogP contribution in [0.4, 0.5) is 0 Å². The van der Waals surface area contributed by atoms with Crippen molar-refractivity contribution in [1.29, 1.82) is 0 Å². The maximum atomic E-state index is 11.7. The highest BCUT2D eigenvalue weighted by Crippen LogP contribution is 2.25. The minimum absolute atomic E-state index is 0.333. The Kier molecular flexibility index (Phi) is 3.70. The Morgan fingerprint density at radius 2 is 2.24 bits per heavy atom. The van der Waals surface area contributed by atoms with Crippen molar-refractivity contribution >= 4 is 27.5 Å². The fourth-order valence-corrected chi connectivity index (χ4v) is 2.45. The van der Waals surface area contributed by atoms with E-state index in [4.69, 9.17) is 4.74 Å². The summed E-state index contributed by atoms with van der Waals surface area (Å²) in [5, 5.41) is 4.26. The number of benzene rings is 1. The fourth-order valence-electron chi connectivity index (χ4n) is 2.05. The molecular weight excluding hydrogens is 334 g/mol. The molecule has 0 N–H and O–H groups in total. The number of nitrogens with zero attached hydrogens (tertiary/aromatic N) is 3. The fraction of sp³-hybridized carbons (Fsp3) is 0.133. The van der Waals surface area contributed by atoms with Gasteiger partial charge in [0, 0.05) is 22.4 Å². The number of rotatable bonds is 3. The lowest BCUT2D eigenvalue weighted by atomic mass is 10.1. The number of halogens is 1. The van der Waals surface area contributed by atoms with E-state index in [1.54, 1.807) is 23.8 Å². The van der Waals surface area contributed by atoms with Gasteiger partial charge in [-0.3, -0.25) is 0 Å². The third-order valence-corrected chi connectivity index (χ3v) is 3.50. The molecule has 3 rings (SSSR count). The number of esters is 1. The molecule has 2 heterocycles. The van der Waals surface area contributed by atoms with Crippen molar-refractivity contribution in [3.8, 4) is 11.1 Å². The summed E-state index contributed by atoms with van der Waals surface area (Å²) >= 11 is 3.45. The molecule has 106 valence electrons. The molecule has 0 unspecified atom stereocenters. The number of fused-ring (bicyclic) bond motifs is 1. The van der Waals surface area contributed by atoms with Crippen LogP contribution >= 0.6 is 15.9 Å². The van der Waals surface area contributed by atoms with Gasteiger partial charge in [0.15, 0.2) is 5.65 Å². The van der Waals surface area contributed by atoms with Crippen LogP contribution in [0.25, 0.3) is 16.8 Å². The van der Waals surface area contributed by atoms with Crippen LogP contribution in [0.15, 0.2) is 47.3 Å². The molecule has 0 amide bonds. The molecule has 0 aliphatic rings. The number of ether oxygens (including phenoxy) is 1. The maximum absolute atomic E-state index is 11.7. The van der Waals surface area contributed by atoms with Crippen molar-refractivity contribution in [2.45, 2.75) is 6.92 Å². The van der Waals surface area contributed by atoms with Crippen molar-refractivity contribution in [3.63, 3.8) is 0 Å². The van der Waals surface area contributed by atoms with E-state index in [2.05, 4.69) is 26.0 Å². The van der Waals surface area contributed by atoms with Gasteiger partial charge in [0.1, 0.15) is 0 Å². The quantitative estimate of drug-likeness (QED) is 0.683. The lowest BCUT2D eigenvalue weighted by Gasteiger charge is -2.03. The summed E-state index contributed by atoms with van der Waals surface area (Å²) in [6.45, 7) is 2.10. The predicted octanol–water partition coefficient (Wildman–Crippen LogP) is 3.34. The first-order valence-corrected chi connectivity index (χ1v) is 7.25. The van der Waals surface area contributed by atoms with E-state index in [1.165, 1.54) is 6.20 Å². The number of carbonyl (C=O) groups excluding carboxylic acids is 1. The maximum Gasteiger partial charge on any atom is 0.341 e. The average molecular weight is 346 g/mol. The molecule has 6 heteroatoms. The van der Waals surface area contributed by atoms with Crippen molar-refractivity contribution in [2.75, 3.05) is 6.61 Å². The average Bonchev–Trinajstić information content (AvgIpc) is 2.90. The second kappa shape index (κ2) is 5.65. The van der Waals surface area contributed by atoms with Crippen LogP contribution in [0.3, 0.4) is 0 Å². The van der Waals surface area contributed by atoms with Crippen LogP contribution in [-0.4, -0.2) is 27.2 Å². The lowest BCUT2D eigenvalue weighted by molar-refractivity contribution is 0.0525. The Labute approximate surface area is 129 Å². The second-order valence-electron chi connectivity index (χ2n) is 4.40. The molecule has 2 aromatic heterocycles. The summed E-state index contributed by atoms with van der Waals surface area (Å²) < 4.78 is 7.53. The molecule has 0 saturated carbocycles. The highest BCUT2D eigenvalue weighted by atomic mass is 79.9. The van der Waals surface area contributed by atoms with Gasteiger partial charge in [0.05, 0.1) is 18.4 Å². The van der Waals surface area contributed by atoms with Gasteiger partial charge >= 0.3 is 5.97 Å². The minimum Gasteiger partial charge on any atom is -0.462 e. The zero-order chi connectivity index (χ0) is 14.8. The topological polar surface area (TPSA) is 56.5 Å². The molecule has 3 aromatic rings. The van der Waals surface area contributed by atoms with Crippen LogP contribution in [0.5, 0.6) is 0 Å². The Balaban J connectivity index is 2.06. The van der Waals surface area contributed by atoms with Crippen LogP contribution in [0, 0.1) is 0 Å². The van der Waals surface area contributed by atoms with Gasteiger partial charge in [-0.15, -0.1) is 0 Å². The number of aromatic nitrogens is 3. The van der Waals surface area contributed by atoms with Crippen molar-refractivity contribution in [1.82, 2.24) is 14.6 Å². The SMILES string of the molecule is CCOC(=O)c1cnc2c(-c3cccc(Br)c3)cnn2c1. The van der Waals surface area contributed by atoms with E-state index in [-0.39, 0.29) is 0 Å². The number of carbonyl (C=O) groups is 1. The largest absolute Gasteiger partial charge is 0.462 e. The van der Waals surface area contributed by atoms with Crippen molar-refractivity contribution in [2.24, 2.45) is 0 Å². The van der Waals surface area contributed by atoms with Crippen LogP contribution in [0.1, 0.15) is 17.3 Å². The van der Waals surface area contributed by atoms with Gasteiger partial charge < -0.3 is 4.74 Å². The molecule has 0 radical (unpaired) electrons. The van der Waals surface area contributed by atoms with E-state index in [1.807, 2.05) is 24.3 Å². The normalized spacial score (nSPS) is 10.8. The second-order valence-corrected chi connectivity index (χ2v) is 5.32. The monoisotopic (exact) mass is 345 g/mol. The van der Waals surface area contributed by atoms with Gasteiger partial charge in [-0.2, -0.15) is 5.10 Å². The van der Waals surface area contributed by atoms with Crippen LogP contribution in [-0.2, 0) is 4.74 Å². The molecule has 5 nitrogen and oxygen atoms in total. The summed E-state index contributed by atoms with van der Waals surface area (Å²) in [5.41, 5.74) is 3.00. The first-order valence-electron chi connectivity index (χ1n) is 6.45. The first kappa shape index (κ1) is 13.8. The van der Waals surface area contributed by atoms with Gasteiger partial charge in [-0.05, 0) is 24.6 Å². The van der Waals surface area contributed by atoms with E-state index in [0.717, 1.165) is 15.6 Å². The Bertz CT molecular complexity index is 814. The zero-order valence-corrected chi connectivity index (χ0v) is 12.9. The Morgan fingerprint density at radius 3 is 3.00 bits per heavy atom. The summed E-state index contributed by atoms with van der Waals surface area (Å²) in [6.07, 6.45) is 4.87. The van der Waals surface area contributed by atoms with Gasteiger partial charge in [-0.25, -0.2) is 14.3 Å². The molecule has 0 fully saturated rings. The third kappa shape index (κ3) is 2.67. The third-order valence-electron chi connectivity index (χ3n) is 3.00. The van der Waals surface area contributed by atoms with Crippen molar-refractivity contribution in [3.05, 3.63) is 52.9 Å². The molecule has 0 bridgehead atoms. The molecular formula is C15H12BrN3O2. The predicted molar refractivity (Wildman–Crippen MR) is 82.1 cm³/mol.